The summed E-state index contributed by atoms with van der Waals surface area (Å²) in [4.78, 5) is 12.1. The minimum Gasteiger partial charge on any atom is -0.325 e. The molecule has 2 fully saturated rings. The average molecular weight is 272 g/mol. The number of amides is 1. The van der Waals surface area contributed by atoms with Gasteiger partial charge in [-0.3, -0.25) is 4.79 Å². The molecule has 0 aromatic heterocycles. The fourth-order valence-electron chi connectivity index (χ4n) is 2.94. The summed E-state index contributed by atoms with van der Waals surface area (Å²) < 4.78 is 0. The minimum atomic E-state index is -0.129. The summed E-state index contributed by atoms with van der Waals surface area (Å²) in [7, 11) is 0. The molecule has 0 saturated heterocycles. The number of hydrogen-bond acceptors (Lipinski definition) is 2. The van der Waals surface area contributed by atoms with Crippen molar-refractivity contribution in [3.8, 4) is 0 Å². The van der Waals surface area contributed by atoms with E-state index in [1.807, 2.05) is 37.3 Å². The number of anilines is 1. The molecule has 0 aliphatic heterocycles. The summed E-state index contributed by atoms with van der Waals surface area (Å²) in [6.07, 6.45) is 5.59. The Bertz CT molecular complexity index is 439. The normalized spacial score (nSPS) is 19.9. The predicted molar refractivity (Wildman–Crippen MR) is 81.5 cm³/mol. The molecule has 3 heteroatoms. The SMILES string of the molecule is CC(NCC(C1CC1)C1CC1)C(=O)Nc1ccccc1. The topological polar surface area (TPSA) is 41.1 Å². The second-order valence-electron chi connectivity index (χ2n) is 6.32. The number of rotatable bonds is 7. The van der Waals surface area contributed by atoms with Crippen molar-refractivity contribution in [2.24, 2.45) is 17.8 Å². The summed E-state index contributed by atoms with van der Waals surface area (Å²) in [5.41, 5.74) is 0.868. The van der Waals surface area contributed by atoms with Gasteiger partial charge in [0.25, 0.3) is 0 Å². The summed E-state index contributed by atoms with van der Waals surface area (Å²) in [5, 5.41) is 6.39. The molecule has 3 rings (SSSR count). The van der Waals surface area contributed by atoms with Gasteiger partial charge in [-0.25, -0.2) is 0 Å². The fourth-order valence-corrected chi connectivity index (χ4v) is 2.94. The van der Waals surface area contributed by atoms with E-state index < -0.39 is 0 Å². The Labute approximate surface area is 121 Å². The van der Waals surface area contributed by atoms with Crippen LogP contribution in [-0.4, -0.2) is 18.5 Å². The first-order valence-corrected chi connectivity index (χ1v) is 7.83. The quantitative estimate of drug-likeness (QED) is 0.801. The zero-order chi connectivity index (χ0) is 13.9. The first-order valence-electron chi connectivity index (χ1n) is 7.83. The summed E-state index contributed by atoms with van der Waals surface area (Å²) in [6, 6.07) is 9.53. The smallest absolute Gasteiger partial charge is 0.241 e. The van der Waals surface area contributed by atoms with Crippen molar-refractivity contribution in [3.05, 3.63) is 30.3 Å². The van der Waals surface area contributed by atoms with Gasteiger partial charge >= 0.3 is 0 Å². The highest BCUT2D eigenvalue weighted by Gasteiger charge is 2.41. The van der Waals surface area contributed by atoms with Gasteiger partial charge in [-0.05, 0) is 69.0 Å². The Balaban J connectivity index is 1.45. The second kappa shape index (κ2) is 5.96. The van der Waals surface area contributed by atoms with Crippen LogP contribution in [0, 0.1) is 17.8 Å². The molecule has 1 amide bonds. The maximum atomic E-state index is 12.1. The lowest BCUT2D eigenvalue weighted by atomic mass is 9.97. The molecule has 0 radical (unpaired) electrons. The summed E-state index contributed by atoms with van der Waals surface area (Å²) >= 11 is 0. The highest BCUT2D eigenvalue weighted by molar-refractivity contribution is 5.94. The van der Waals surface area contributed by atoms with Crippen molar-refractivity contribution in [3.63, 3.8) is 0 Å². The summed E-state index contributed by atoms with van der Waals surface area (Å²) in [5.74, 6) is 2.72. The van der Waals surface area contributed by atoms with Crippen molar-refractivity contribution in [1.29, 1.82) is 0 Å². The molecule has 2 aliphatic rings. The third-order valence-corrected chi connectivity index (χ3v) is 4.55. The standard InChI is InChI=1S/C17H24N2O/c1-12(17(20)19-15-5-3-2-4-6-15)18-11-16(13-7-8-13)14-9-10-14/h2-6,12-14,16,18H,7-11H2,1H3,(H,19,20). The van der Waals surface area contributed by atoms with E-state index in [0.29, 0.717) is 0 Å². The first-order chi connectivity index (χ1) is 9.74. The van der Waals surface area contributed by atoms with Gasteiger partial charge in [0.15, 0.2) is 0 Å². The number of para-hydroxylation sites is 1. The predicted octanol–water partition coefficient (Wildman–Crippen LogP) is 3.04. The molecule has 2 aliphatic carbocycles. The molecule has 0 spiro atoms. The lowest BCUT2D eigenvalue weighted by molar-refractivity contribution is -0.117. The van der Waals surface area contributed by atoms with Gasteiger partial charge in [-0.1, -0.05) is 18.2 Å². The lowest BCUT2D eigenvalue weighted by Crippen LogP contribution is -2.41. The number of benzene rings is 1. The van der Waals surface area contributed by atoms with E-state index in [-0.39, 0.29) is 11.9 Å². The van der Waals surface area contributed by atoms with E-state index in [1.54, 1.807) is 0 Å². The Morgan fingerprint density at radius 2 is 1.75 bits per heavy atom. The Hall–Kier alpha value is -1.35. The molecule has 20 heavy (non-hydrogen) atoms. The molecule has 1 unspecified atom stereocenters. The molecule has 1 aromatic rings. The zero-order valence-corrected chi connectivity index (χ0v) is 12.1. The molecule has 1 aromatic carbocycles. The molecule has 0 bridgehead atoms. The molecule has 2 N–H and O–H groups in total. The molecular weight excluding hydrogens is 248 g/mol. The number of hydrogen-bond donors (Lipinski definition) is 2. The molecule has 1 atom stereocenters. The average Bonchev–Trinajstić information content (AvgIpc) is 3.33. The Morgan fingerprint density at radius 3 is 2.30 bits per heavy atom. The number of carbonyl (C=O) groups excluding carboxylic acids is 1. The van der Waals surface area contributed by atoms with Crippen molar-refractivity contribution in [2.45, 2.75) is 38.6 Å². The van der Waals surface area contributed by atoms with E-state index in [2.05, 4.69) is 10.6 Å². The third kappa shape index (κ3) is 3.60. The second-order valence-corrected chi connectivity index (χ2v) is 6.32. The van der Waals surface area contributed by atoms with Crippen molar-refractivity contribution in [2.75, 3.05) is 11.9 Å². The molecular formula is C17H24N2O. The van der Waals surface area contributed by atoms with Crippen LogP contribution in [0.15, 0.2) is 30.3 Å². The van der Waals surface area contributed by atoms with Gasteiger partial charge in [-0.2, -0.15) is 0 Å². The van der Waals surface area contributed by atoms with Crippen LogP contribution in [0.1, 0.15) is 32.6 Å². The maximum Gasteiger partial charge on any atom is 0.241 e. The van der Waals surface area contributed by atoms with E-state index >= 15 is 0 Å². The molecule has 0 heterocycles. The Kier molecular flexibility index (Phi) is 4.06. The summed E-state index contributed by atoms with van der Waals surface area (Å²) in [6.45, 7) is 2.95. The molecule has 2 saturated carbocycles. The van der Waals surface area contributed by atoms with Crippen LogP contribution >= 0.6 is 0 Å². The largest absolute Gasteiger partial charge is 0.325 e. The van der Waals surface area contributed by atoms with Crippen LogP contribution in [0.3, 0.4) is 0 Å². The van der Waals surface area contributed by atoms with Crippen LogP contribution in [0.5, 0.6) is 0 Å². The van der Waals surface area contributed by atoms with E-state index in [0.717, 1.165) is 30.0 Å². The van der Waals surface area contributed by atoms with Gasteiger partial charge < -0.3 is 10.6 Å². The number of carbonyl (C=O) groups is 1. The van der Waals surface area contributed by atoms with Crippen molar-refractivity contribution in [1.82, 2.24) is 5.32 Å². The van der Waals surface area contributed by atoms with Crippen LogP contribution in [0.25, 0.3) is 0 Å². The first kappa shape index (κ1) is 13.6. The monoisotopic (exact) mass is 272 g/mol. The highest BCUT2D eigenvalue weighted by atomic mass is 16.2. The maximum absolute atomic E-state index is 12.1. The van der Waals surface area contributed by atoms with Gasteiger partial charge in [0.05, 0.1) is 6.04 Å². The van der Waals surface area contributed by atoms with E-state index in [1.165, 1.54) is 25.7 Å². The molecule has 3 nitrogen and oxygen atoms in total. The van der Waals surface area contributed by atoms with Crippen LogP contribution in [0.4, 0.5) is 5.69 Å². The van der Waals surface area contributed by atoms with E-state index in [4.69, 9.17) is 0 Å². The van der Waals surface area contributed by atoms with Crippen LogP contribution in [0.2, 0.25) is 0 Å². The third-order valence-electron chi connectivity index (χ3n) is 4.55. The minimum absolute atomic E-state index is 0.0570. The van der Waals surface area contributed by atoms with Crippen molar-refractivity contribution < 1.29 is 4.79 Å². The van der Waals surface area contributed by atoms with Crippen LogP contribution < -0.4 is 10.6 Å². The number of nitrogens with one attached hydrogen (secondary N) is 2. The van der Waals surface area contributed by atoms with Gasteiger partial charge in [0.2, 0.25) is 5.91 Å². The van der Waals surface area contributed by atoms with Gasteiger partial charge in [-0.15, -0.1) is 0 Å². The van der Waals surface area contributed by atoms with Crippen LogP contribution in [-0.2, 0) is 4.79 Å². The fraction of sp³-hybridized carbons (Fsp3) is 0.588. The zero-order valence-electron chi connectivity index (χ0n) is 12.1. The molecule has 108 valence electrons. The lowest BCUT2D eigenvalue weighted by Gasteiger charge is -2.20. The van der Waals surface area contributed by atoms with Gasteiger partial charge in [0.1, 0.15) is 0 Å². The van der Waals surface area contributed by atoms with Gasteiger partial charge in [0, 0.05) is 5.69 Å². The highest BCUT2D eigenvalue weighted by Crippen LogP contribution is 2.48. The van der Waals surface area contributed by atoms with E-state index in [9.17, 15) is 4.79 Å². The Morgan fingerprint density at radius 1 is 1.15 bits per heavy atom. The van der Waals surface area contributed by atoms with Crippen molar-refractivity contribution >= 4 is 11.6 Å².